The quantitative estimate of drug-likeness (QED) is 0.803. The highest BCUT2D eigenvalue weighted by molar-refractivity contribution is 9.10. The monoisotopic (exact) mass is 279 g/mol. The molecule has 0 spiro atoms. The van der Waals surface area contributed by atoms with E-state index in [9.17, 15) is 0 Å². The van der Waals surface area contributed by atoms with Crippen LogP contribution in [0.15, 0.2) is 16.9 Å². The van der Waals surface area contributed by atoms with Gasteiger partial charge < -0.3 is 0 Å². The molecule has 2 aromatic rings. The highest BCUT2D eigenvalue weighted by Crippen LogP contribution is 2.28. The zero-order valence-electron chi connectivity index (χ0n) is 9.28. The molecular formula is C12H14BrN3. The van der Waals surface area contributed by atoms with E-state index in [1.807, 2.05) is 6.20 Å². The van der Waals surface area contributed by atoms with Crippen LogP contribution in [0.5, 0.6) is 0 Å². The zero-order valence-corrected chi connectivity index (χ0v) is 10.9. The maximum atomic E-state index is 4.59. The molecule has 0 fully saturated rings. The molecule has 0 aromatic carbocycles. The lowest BCUT2D eigenvalue weighted by molar-refractivity contribution is 0.435. The largest absolute Gasteiger partial charge is 0.287 e. The Labute approximate surface area is 103 Å². The van der Waals surface area contributed by atoms with Gasteiger partial charge in [0, 0.05) is 18.1 Å². The molecule has 3 rings (SSSR count). The first kappa shape index (κ1) is 10.3. The molecule has 0 saturated heterocycles. The van der Waals surface area contributed by atoms with Crippen molar-refractivity contribution in [1.29, 1.82) is 0 Å². The number of aromatic nitrogens is 3. The van der Waals surface area contributed by atoms with Crippen molar-refractivity contribution in [3.63, 3.8) is 0 Å². The number of nitrogens with zero attached hydrogens (tertiary/aromatic N) is 3. The van der Waals surface area contributed by atoms with E-state index in [1.54, 1.807) is 0 Å². The smallest absolute Gasteiger partial charge is 0.234 e. The summed E-state index contributed by atoms with van der Waals surface area (Å²) < 4.78 is 3.15. The molecule has 1 aliphatic carbocycles. The van der Waals surface area contributed by atoms with Crippen LogP contribution in [0.25, 0.3) is 5.78 Å². The molecule has 1 aliphatic rings. The van der Waals surface area contributed by atoms with E-state index in [0.29, 0.717) is 0 Å². The summed E-state index contributed by atoms with van der Waals surface area (Å²) in [7, 11) is 0. The summed E-state index contributed by atoms with van der Waals surface area (Å²) in [5.41, 5.74) is 2.61. The first-order chi connectivity index (χ1) is 7.78. The van der Waals surface area contributed by atoms with Crippen molar-refractivity contribution in [2.45, 2.75) is 32.6 Å². The summed E-state index contributed by atoms with van der Waals surface area (Å²) in [6, 6.07) is 0. The van der Waals surface area contributed by atoms with Gasteiger partial charge in [-0.25, -0.2) is 9.97 Å². The van der Waals surface area contributed by atoms with E-state index in [4.69, 9.17) is 0 Å². The summed E-state index contributed by atoms with van der Waals surface area (Å²) in [6.07, 6.45) is 8.67. The normalized spacial score (nSPS) is 20.0. The van der Waals surface area contributed by atoms with Crippen molar-refractivity contribution in [2.75, 3.05) is 0 Å². The van der Waals surface area contributed by atoms with Crippen molar-refractivity contribution < 1.29 is 0 Å². The summed E-state index contributed by atoms with van der Waals surface area (Å²) in [4.78, 5) is 8.94. The molecule has 2 heterocycles. The van der Waals surface area contributed by atoms with Gasteiger partial charge in [0.25, 0.3) is 0 Å². The lowest BCUT2D eigenvalue weighted by Gasteiger charge is -2.20. The van der Waals surface area contributed by atoms with Crippen LogP contribution in [0.4, 0.5) is 0 Å². The summed E-state index contributed by atoms with van der Waals surface area (Å²) >= 11 is 3.47. The van der Waals surface area contributed by atoms with Gasteiger partial charge in [0.2, 0.25) is 5.78 Å². The van der Waals surface area contributed by atoms with Crippen LogP contribution in [0, 0.1) is 5.92 Å². The first-order valence-corrected chi connectivity index (χ1v) is 6.58. The van der Waals surface area contributed by atoms with Crippen LogP contribution >= 0.6 is 15.9 Å². The van der Waals surface area contributed by atoms with Gasteiger partial charge in [0.05, 0.1) is 10.2 Å². The van der Waals surface area contributed by atoms with Crippen LogP contribution in [-0.4, -0.2) is 14.4 Å². The number of rotatable bonds is 1. The molecule has 0 saturated carbocycles. The molecule has 4 heteroatoms. The number of hydrogen-bond donors (Lipinski definition) is 0. The number of halogens is 1. The molecular weight excluding hydrogens is 266 g/mol. The predicted octanol–water partition coefficient (Wildman–Crippen LogP) is 3.01. The maximum Gasteiger partial charge on any atom is 0.234 e. The Morgan fingerprint density at radius 1 is 1.56 bits per heavy atom. The van der Waals surface area contributed by atoms with Crippen molar-refractivity contribution in [2.24, 2.45) is 5.92 Å². The van der Waals surface area contributed by atoms with E-state index >= 15 is 0 Å². The van der Waals surface area contributed by atoms with Gasteiger partial charge in [-0.3, -0.25) is 4.40 Å². The highest BCUT2D eigenvalue weighted by Gasteiger charge is 2.22. The fourth-order valence-corrected chi connectivity index (χ4v) is 2.79. The number of fused-ring (bicyclic) bond motifs is 3. The van der Waals surface area contributed by atoms with Crippen LogP contribution in [0.2, 0.25) is 0 Å². The van der Waals surface area contributed by atoms with Gasteiger partial charge in [-0.15, -0.1) is 0 Å². The Morgan fingerprint density at radius 2 is 2.44 bits per heavy atom. The third kappa shape index (κ3) is 1.56. The molecule has 0 aliphatic heterocycles. The van der Waals surface area contributed by atoms with Crippen LogP contribution in [0.1, 0.15) is 31.2 Å². The molecule has 0 N–H and O–H groups in total. The van der Waals surface area contributed by atoms with Crippen LogP contribution in [-0.2, 0) is 12.8 Å². The summed E-state index contributed by atoms with van der Waals surface area (Å²) in [6.45, 7) is 2.27. The second-order valence-corrected chi connectivity index (χ2v) is 5.38. The van der Waals surface area contributed by atoms with Crippen molar-refractivity contribution in [1.82, 2.24) is 14.4 Å². The Balaban J connectivity index is 2.15. The fourth-order valence-electron chi connectivity index (χ4n) is 2.48. The Bertz CT molecular complexity index is 532. The second-order valence-electron chi connectivity index (χ2n) is 4.46. The third-order valence-corrected chi connectivity index (χ3v) is 3.89. The van der Waals surface area contributed by atoms with Crippen molar-refractivity contribution >= 4 is 21.7 Å². The number of imidazole rings is 1. The second kappa shape index (κ2) is 3.84. The topological polar surface area (TPSA) is 30.2 Å². The third-order valence-electron chi connectivity index (χ3n) is 3.48. The van der Waals surface area contributed by atoms with E-state index < -0.39 is 0 Å². The standard InChI is InChI=1S/C12H14BrN3/c1-2-8-3-4-10-11(5-8)16-7-9(13)6-14-12(16)15-10/h6-8H,2-5H2,1H3. The predicted molar refractivity (Wildman–Crippen MR) is 66.5 cm³/mol. The van der Waals surface area contributed by atoms with Gasteiger partial charge in [-0.05, 0) is 41.1 Å². The Kier molecular flexibility index (Phi) is 2.46. The molecule has 1 unspecified atom stereocenters. The Hall–Kier alpha value is -0.900. The van der Waals surface area contributed by atoms with Gasteiger partial charge in [-0.1, -0.05) is 13.3 Å². The van der Waals surface area contributed by atoms with E-state index in [2.05, 4.69) is 43.4 Å². The van der Waals surface area contributed by atoms with Crippen LogP contribution in [0.3, 0.4) is 0 Å². The lowest BCUT2D eigenvalue weighted by atomic mass is 9.88. The summed E-state index contributed by atoms with van der Waals surface area (Å²) in [5, 5.41) is 0. The Morgan fingerprint density at radius 3 is 3.25 bits per heavy atom. The van der Waals surface area contributed by atoms with E-state index in [-0.39, 0.29) is 0 Å². The SMILES string of the molecule is CCC1CCc2nc3ncc(Br)cn3c2C1. The summed E-state index contributed by atoms with van der Waals surface area (Å²) in [5.74, 6) is 1.65. The van der Waals surface area contributed by atoms with Crippen molar-refractivity contribution in [3.8, 4) is 0 Å². The molecule has 2 aromatic heterocycles. The van der Waals surface area contributed by atoms with E-state index in [0.717, 1.165) is 29.0 Å². The minimum absolute atomic E-state index is 0.811. The van der Waals surface area contributed by atoms with Crippen LogP contribution < -0.4 is 0 Å². The average Bonchev–Trinajstić information content (AvgIpc) is 2.66. The van der Waals surface area contributed by atoms with Gasteiger partial charge >= 0.3 is 0 Å². The highest BCUT2D eigenvalue weighted by atomic mass is 79.9. The maximum absolute atomic E-state index is 4.59. The minimum Gasteiger partial charge on any atom is -0.287 e. The van der Waals surface area contributed by atoms with Gasteiger partial charge in [-0.2, -0.15) is 0 Å². The molecule has 0 bridgehead atoms. The first-order valence-electron chi connectivity index (χ1n) is 5.79. The molecule has 0 amide bonds. The average molecular weight is 280 g/mol. The molecule has 1 atom stereocenters. The minimum atomic E-state index is 0.811. The fraction of sp³-hybridized carbons (Fsp3) is 0.500. The van der Waals surface area contributed by atoms with E-state index in [1.165, 1.54) is 24.2 Å². The number of hydrogen-bond acceptors (Lipinski definition) is 2. The van der Waals surface area contributed by atoms with Gasteiger partial charge in [0.1, 0.15) is 0 Å². The van der Waals surface area contributed by atoms with Gasteiger partial charge in [0.15, 0.2) is 0 Å². The zero-order chi connectivity index (χ0) is 11.1. The number of aryl methyl sites for hydroxylation is 1. The molecule has 84 valence electrons. The lowest BCUT2D eigenvalue weighted by Crippen LogP contribution is -2.14. The molecule has 3 nitrogen and oxygen atoms in total. The molecule has 16 heavy (non-hydrogen) atoms. The molecule has 0 radical (unpaired) electrons. The van der Waals surface area contributed by atoms with Crippen molar-refractivity contribution in [3.05, 3.63) is 28.3 Å².